The number of halogens is 1. The van der Waals surface area contributed by atoms with Gasteiger partial charge in [0.15, 0.2) is 11.5 Å². The lowest BCUT2D eigenvalue weighted by atomic mass is 10.2. The van der Waals surface area contributed by atoms with E-state index in [1.807, 2.05) is 18.2 Å². The van der Waals surface area contributed by atoms with Gasteiger partial charge in [0.1, 0.15) is 30.5 Å². The van der Waals surface area contributed by atoms with Crippen molar-refractivity contribution in [3.05, 3.63) is 71.9 Å². The minimum Gasteiger partial charge on any atom is -0.486 e. The number of anilines is 2. The van der Waals surface area contributed by atoms with Gasteiger partial charge < -0.3 is 20.1 Å². The Kier molecular flexibility index (Phi) is 5.01. The van der Waals surface area contributed by atoms with Gasteiger partial charge in [-0.15, -0.1) is 0 Å². The molecule has 2 aromatic carbocycles. The van der Waals surface area contributed by atoms with Crippen LogP contribution < -0.4 is 20.1 Å². The number of hydrogen-bond donors (Lipinski definition) is 2. The van der Waals surface area contributed by atoms with E-state index in [0.717, 1.165) is 11.3 Å². The van der Waals surface area contributed by atoms with Crippen molar-refractivity contribution in [3.63, 3.8) is 0 Å². The van der Waals surface area contributed by atoms with E-state index in [1.165, 1.54) is 24.5 Å². The molecule has 2 N–H and O–H groups in total. The van der Waals surface area contributed by atoms with E-state index in [-0.39, 0.29) is 24.0 Å². The van der Waals surface area contributed by atoms with E-state index in [4.69, 9.17) is 9.47 Å². The van der Waals surface area contributed by atoms with Crippen molar-refractivity contribution in [2.75, 3.05) is 18.5 Å². The molecule has 0 unspecified atom stereocenters. The third-order valence-electron chi connectivity index (χ3n) is 4.07. The van der Waals surface area contributed by atoms with Crippen LogP contribution in [-0.2, 0) is 6.54 Å². The summed E-state index contributed by atoms with van der Waals surface area (Å²) < 4.78 is 23.9. The van der Waals surface area contributed by atoms with Gasteiger partial charge in [-0.05, 0) is 29.8 Å². The van der Waals surface area contributed by atoms with Crippen LogP contribution in [-0.4, -0.2) is 29.1 Å². The van der Waals surface area contributed by atoms with Crippen LogP contribution >= 0.6 is 0 Å². The summed E-state index contributed by atoms with van der Waals surface area (Å²) in [6.45, 7) is 1.33. The molecule has 0 atom stereocenters. The summed E-state index contributed by atoms with van der Waals surface area (Å²) in [5.74, 6) is 1.19. The van der Waals surface area contributed by atoms with Gasteiger partial charge in [-0.25, -0.2) is 14.4 Å². The summed E-state index contributed by atoms with van der Waals surface area (Å²) in [7, 11) is 0. The third-order valence-corrected chi connectivity index (χ3v) is 4.07. The molecule has 0 aliphatic carbocycles. The quantitative estimate of drug-likeness (QED) is 0.708. The summed E-state index contributed by atoms with van der Waals surface area (Å²) in [5.41, 5.74) is 1.75. The van der Waals surface area contributed by atoms with Gasteiger partial charge in [-0.3, -0.25) is 4.79 Å². The Hall–Kier alpha value is -3.68. The molecule has 4 rings (SSSR count). The normalized spacial score (nSPS) is 12.3. The molecule has 0 saturated carbocycles. The number of nitrogens with one attached hydrogen (secondary N) is 2. The van der Waals surface area contributed by atoms with Crippen LogP contribution in [0.4, 0.5) is 15.9 Å². The van der Waals surface area contributed by atoms with E-state index in [2.05, 4.69) is 20.6 Å². The van der Waals surface area contributed by atoms with Crippen LogP contribution in [0, 0.1) is 5.82 Å². The molecule has 1 aliphatic heterocycles. The fourth-order valence-corrected chi connectivity index (χ4v) is 2.65. The van der Waals surface area contributed by atoms with Crippen molar-refractivity contribution in [1.29, 1.82) is 0 Å². The van der Waals surface area contributed by atoms with Crippen LogP contribution in [0.2, 0.25) is 0 Å². The maximum atomic E-state index is 12.9. The van der Waals surface area contributed by atoms with E-state index < -0.39 is 0 Å². The van der Waals surface area contributed by atoms with Crippen LogP contribution in [0.3, 0.4) is 0 Å². The fraction of sp³-hybridized carbons (Fsp3) is 0.150. The van der Waals surface area contributed by atoms with Crippen molar-refractivity contribution >= 4 is 17.4 Å². The van der Waals surface area contributed by atoms with Gasteiger partial charge in [0.25, 0.3) is 5.91 Å². The Balaban J connectivity index is 1.36. The second-order valence-electron chi connectivity index (χ2n) is 6.08. The monoisotopic (exact) mass is 380 g/mol. The summed E-state index contributed by atoms with van der Waals surface area (Å²) >= 11 is 0. The fourth-order valence-electron chi connectivity index (χ4n) is 2.65. The molecule has 0 bridgehead atoms. The maximum absolute atomic E-state index is 12.9. The Morgan fingerprint density at radius 3 is 2.54 bits per heavy atom. The molecule has 0 spiro atoms. The molecule has 142 valence electrons. The molecule has 1 aliphatic rings. The molecular weight excluding hydrogens is 363 g/mol. The number of aromatic nitrogens is 2. The number of hydrogen-bond acceptors (Lipinski definition) is 6. The Bertz CT molecular complexity index is 978. The molecule has 1 amide bonds. The number of carbonyl (C=O) groups is 1. The summed E-state index contributed by atoms with van der Waals surface area (Å²) in [4.78, 5) is 20.5. The lowest BCUT2D eigenvalue weighted by molar-refractivity contribution is 0.0945. The first-order valence-corrected chi connectivity index (χ1v) is 8.69. The summed E-state index contributed by atoms with van der Waals surface area (Å²) in [5, 5.41) is 5.83. The lowest BCUT2D eigenvalue weighted by Crippen LogP contribution is -2.24. The summed E-state index contributed by atoms with van der Waals surface area (Å²) in [6, 6.07) is 11.4. The topological polar surface area (TPSA) is 85.4 Å². The number of ether oxygens (including phenoxy) is 2. The van der Waals surface area contributed by atoms with Gasteiger partial charge in [-0.1, -0.05) is 12.1 Å². The number of amides is 1. The molecule has 0 fully saturated rings. The largest absolute Gasteiger partial charge is 0.486 e. The van der Waals surface area contributed by atoms with Crippen LogP contribution in [0.25, 0.3) is 0 Å². The summed E-state index contributed by atoms with van der Waals surface area (Å²) in [6.07, 6.45) is 2.87. The average Bonchev–Trinajstić information content (AvgIpc) is 2.73. The number of benzene rings is 2. The minimum atomic E-state index is -0.359. The average molecular weight is 380 g/mol. The zero-order chi connectivity index (χ0) is 19.3. The van der Waals surface area contributed by atoms with Crippen molar-refractivity contribution in [2.45, 2.75) is 6.54 Å². The molecule has 8 heteroatoms. The minimum absolute atomic E-state index is 0.190. The SMILES string of the molecule is O=C(NCc1ccc(F)cc1)c1cnc(Nc2ccc3c(c2)OCCO3)cn1. The number of fused-ring (bicyclic) bond motifs is 1. The van der Waals surface area contributed by atoms with Crippen molar-refractivity contribution in [1.82, 2.24) is 15.3 Å². The maximum Gasteiger partial charge on any atom is 0.271 e. The van der Waals surface area contributed by atoms with Gasteiger partial charge >= 0.3 is 0 Å². The Labute approximate surface area is 160 Å². The van der Waals surface area contributed by atoms with Gasteiger partial charge in [0.05, 0.1) is 12.4 Å². The second-order valence-corrected chi connectivity index (χ2v) is 6.08. The predicted molar refractivity (Wildman–Crippen MR) is 100 cm³/mol. The molecule has 3 aromatic rings. The van der Waals surface area contributed by atoms with Gasteiger partial charge in [-0.2, -0.15) is 0 Å². The number of carbonyl (C=O) groups excluding carboxylic acids is 1. The molecule has 2 heterocycles. The molecule has 28 heavy (non-hydrogen) atoms. The highest BCUT2D eigenvalue weighted by atomic mass is 19.1. The first-order chi connectivity index (χ1) is 13.7. The van der Waals surface area contributed by atoms with E-state index >= 15 is 0 Å². The zero-order valence-corrected chi connectivity index (χ0v) is 14.8. The van der Waals surface area contributed by atoms with E-state index in [1.54, 1.807) is 12.1 Å². The van der Waals surface area contributed by atoms with Crippen LogP contribution in [0.15, 0.2) is 54.9 Å². The van der Waals surface area contributed by atoms with Crippen molar-refractivity contribution in [2.24, 2.45) is 0 Å². The zero-order valence-electron chi connectivity index (χ0n) is 14.8. The molecular formula is C20H17FN4O3. The highest BCUT2D eigenvalue weighted by Gasteiger charge is 2.12. The molecule has 0 radical (unpaired) electrons. The standard InChI is InChI=1S/C20H17FN4O3/c21-14-3-1-13(2-4-14)10-24-20(26)16-11-23-19(12-22-16)25-15-5-6-17-18(9-15)28-8-7-27-17/h1-6,9,11-12H,7-8,10H2,(H,23,25)(H,24,26). The molecule has 1 aromatic heterocycles. The van der Waals surface area contributed by atoms with E-state index in [9.17, 15) is 9.18 Å². The first-order valence-electron chi connectivity index (χ1n) is 8.69. The van der Waals surface area contributed by atoms with Crippen molar-refractivity contribution in [3.8, 4) is 11.5 Å². The highest BCUT2D eigenvalue weighted by molar-refractivity contribution is 5.92. The number of nitrogens with zero attached hydrogens (tertiary/aromatic N) is 2. The van der Waals surface area contributed by atoms with Crippen LogP contribution in [0.1, 0.15) is 16.1 Å². The highest BCUT2D eigenvalue weighted by Crippen LogP contribution is 2.33. The second kappa shape index (κ2) is 7.91. The van der Waals surface area contributed by atoms with Gasteiger partial charge in [0, 0.05) is 18.3 Å². The first kappa shape index (κ1) is 17.7. The Morgan fingerprint density at radius 1 is 1.00 bits per heavy atom. The third kappa shape index (κ3) is 4.17. The number of rotatable bonds is 5. The predicted octanol–water partition coefficient (Wildman–Crippen LogP) is 3.06. The molecule has 0 saturated heterocycles. The smallest absolute Gasteiger partial charge is 0.271 e. The Morgan fingerprint density at radius 2 is 1.79 bits per heavy atom. The lowest BCUT2D eigenvalue weighted by Gasteiger charge is -2.19. The van der Waals surface area contributed by atoms with Crippen molar-refractivity contribution < 1.29 is 18.7 Å². The van der Waals surface area contributed by atoms with Crippen LogP contribution in [0.5, 0.6) is 11.5 Å². The van der Waals surface area contributed by atoms with Gasteiger partial charge in [0.2, 0.25) is 0 Å². The molecule has 7 nitrogen and oxygen atoms in total. The van der Waals surface area contributed by atoms with E-state index in [0.29, 0.717) is 30.5 Å².